The molecule has 3 amide bonds. The Bertz CT molecular complexity index is 1230. The third kappa shape index (κ3) is 2.19. The number of carbonyl (C=O) groups is 3. The van der Waals surface area contributed by atoms with Gasteiger partial charge in [-0.2, -0.15) is 0 Å². The number of anilines is 2. The van der Waals surface area contributed by atoms with E-state index in [0.717, 1.165) is 11.3 Å². The van der Waals surface area contributed by atoms with Crippen molar-refractivity contribution >= 4 is 46.4 Å². The van der Waals surface area contributed by atoms with Crippen LogP contribution >= 0.6 is 11.6 Å². The summed E-state index contributed by atoms with van der Waals surface area (Å²) >= 11 is 6.27. The summed E-state index contributed by atoms with van der Waals surface area (Å²) in [6.07, 6.45) is 1.52. The SMILES string of the molecule is O=C1[C@H]2[C@H]3CCCN3[C@@]3(C(=O)Nc4ccc(Cl)cc43)[C@@H]2C(=O)N1c1ccc([N+](=O)[O-])cc1. The number of benzene rings is 2. The van der Waals surface area contributed by atoms with Crippen LogP contribution in [-0.2, 0) is 19.9 Å². The Morgan fingerprint density at radius 2 is 1.84 bits per heavy atom. The number of non-ortho nitro benzene ring substituents is 1. The fraction of sp³-hybridized carbons (Fsp3) is 0.318. The molecular weight excluding hydrogens is 436 g/mol. The quantitative estimate of drug-likeness (QED) is 0.426. The molecule has 3 saturated heterocycles. The molecule has 1 N–H and O–H groups in total. The Morgan fingerprint density at radius 3 is 2.56 bits per heavy atom. The largest absolute Gasteiger partial charge is 0.324 e. The van der Waals surface area contributed by atoms with Gasteiger partial charge in [0.05, 0.1) is 22.4 Å². The van der Waals surface area contributed by atoms with E-state index in [9.17, 15) is 24.5 Å². The van der Waals surface area contributed by atoms with Gasteiger partial charge >= 0.3 is 0 Å². The van der Waals surface area contributed by atoms with Crippen LogP contribution in [0.15, 0.2) is 42.5 Å². The molecule has 6 rings (SSSR count). The van der Waals surface area contributed by atoms with E-state index in [1.165, 1.54) is 24.3 Å². The molecule has 2 aromatic carbocycles. The molecule has 4 atom stereocenters. The molecule has 4 aliphatic rings. The number of nitrogens with one attached hydrogen (secondary N) is 1. The monoisotopic (exact) mass is 452 g/mol. The van der Waals surface area contributed by atoms with Crippen LogP contribution in [0.4, 0.5) is 17.1 Å². The summed E-state index contributed by atoms with van der Waals surface area (Å²) in [5, 5.41) is 14.3. The number of nitro groups is 1. The molecule has 4 heterocycles. The molecule has 10 heteroatoms. The molecule has 162 valence electrons. The Kier molecular flexibility index (Phi) is 3.86. The number of nitrogens with zero attached hydrogens (tertiary/aromatic N) is 3. The highest BCUT2D eigenvalue weighted by Gasteiger charge is 2.74. The molecule has 0 bridgehead atoms. The first-order valence-electron chi connectivity index (χ1n) is 10.4. The van der Waals surface area contributed by atoms with Crippen molar-refractivity contribution in [2.45, 2.75) is 24.4 Å². The number of rotatable bonds is 2. The van der Waals surface area contributed by atoms with Crippen molar-refractivity contribution in [1.29, 1.82) is 0 Å². The molecule has 32 heavy (non-hydrogen) atoms. The van der Waals surface area contributed by atoms with E-state index in [1.54, 1.807) is 18.2 Å². The molecule has 0 aromatic heterocycles. The molecule has 0 saturated carbocycles. The van der Waals surface area contributed by atoms with Gasteiger partial charge in [0.15, 0.2) is 0 Å². The van der Waals surface area contributed by atoms with E-state index in [-0.39, 0.29) is 29.2 Å². The number of halogens is 1. The fourth-order valence-corrected chi connectivity index (χ4v) is 6.33. The molecule has 3 fully saturated rings. The lowest BCUT2D eigenvalue weighted by Gasteiger charge is -2.36. The first-order chi connectivity index (χ1) is 15.4. The zero-order valence-corrected chi connectivity index (χ0v) is 17.4. The average Bonchev–Trinajstić information content (AvgIpc) is 3.47. The summed E-state index contributed by atoms with van der Waals surface area (Å²) in [6.45, 7) is 0.606. The molecule has 4 aliphatic heterocycles. The van der Waals surface area contributed by atoms with E-state index in [1.807, 2.05) is 4.90 Å². The van der Waals surface area contributed by atoms with Gasteiger partial charge < -0.3 is 5.32 Å². The Balaban J connectivity index is 1.51. The highest BCUT2D eigenvalue weighted by Crippen LogP contribution is 2.60. The molecule has 0 radical (unpaired) electrons. The average molecular weight is 453 g/mol. The van der Waals surface area contributed by atoms with E-state index in [2.05, 4.69) is 5.32 Å². The first-order valence-corrected chi connectivity index (χ1v) is 10.7. The predicted octanol–water partition coefficient (Wildman–Crippen LogP) is 2.68. The Morgan fingerprint density at radius 1 is 1.09 bits per heavy atom. The Hall–Kier alpha value is -3.30. The smallest absolute Gasteiger partial charge is 0.269 e. The van der Waals surface area contributed by atoms with Crippen LogP contribution in [0.5, 0.6) is 0 Å². The normalized spacial score (nSPS) is 30.6. The van der Waals surface area contributed by atoms with Crippen LogP contribution in [-0.4, -0.2) is 40.1 Å². The van der Waals surface area contributed by atoms with Gasteiger partial charge in [0, 0.05) is 34.4 Å². The van der Waals surface area contributed by atoms with Crippen molar-refractivity contribution in [2.75, 3.05) is 16.8 Å². The van der Waals surface area contributed by atoms with E-state index >= 15 is 0 Å². The number of fused-ring (bicyclic) bond motifs is 7. The molecule has 0 aliphatic carbocycles. The highest BCUT2D eigenvalue weighted by atomic mass is 35.5. The second-order valence-corrected chi connectivity index (χ2v) is 9.04. The van der Waals surface area contributed by atoms with Crippen molar-refractivity contribution in [3.8, 4) is 0 Å². The summed E-state index contributed by atoms with van der Waals surface area (Å²) in [7, 11) is 0. The van der Waals surface area contributed by atoms with E-state index in [4.69, 9.17) is 11.6 Å². The zero-order valence-electron chi connectivity index (χ0n) is 16.7. The summed E-state index contributed by atoms with van der Waals surface area (Å²) in [5.41, 5.74) is 0.0596. The number of nitro benzene ring substituents is 1. The maximum Gasteiger partial charge on any atom is 0.269 e. The van der Waals surface area contributed by atoms with Crippen LogP contribution in [0.3, 0.4) is 0 Å². The van der Waals surface area contributed by atoms with Crippen molar-refractivity contribution < 1.29 is 19.3 Å². The second kappa shape index (κ2) is 6.36. The van der Waals surface area contributed by atoms with Crippen molar-refractivity contribution in [3.63, 3.8) is 0 Å². The van der Waals surface area contributed by atoms with Gasteiger partial charge in [-0.05, 0) is 49.7 Å². The number of imide groups is 1. The minimum absolute atomic E-state index is 0.134. The van der Waals surface area contributed by atoms with Gasteiger partial charge in [-0.3, -0.25) is 29.4 Å². The minimum atomic E-state index is -1.30. The maximum absolute atomic E-state index is 13.8. The van der Waals surface area contributed by atoms with Gasteiger partial charge in [0.25, 0.3) is 5.69 Å². The van der Waals surface area contributed by atoms with Gasteiger partial charge in [-0.1, -0.05) is 11.6 Å². The van der Waals surface area contributed by atoms with Gasteiger partial charge in [0.1, 0.15) is 5.54 Å². The highest BCUT2D eigenvalue weighted by molar-refractivity contribution is 6.31. The van der Waals surface area contributed by atoms with Gasteiger partial charge in [-0.15, -0.1) is 0 Å². The third-order valence-corrected chi connectivity index (χ3v) is 7.51. The maximum atomic E-state index is 13.8. The summed E-state index contributed by atoms with van der Waals surface area (Å²) in [5.74, 6) is -2.72. The number of hydrogen-bond donors (Lipinski definition) is 1. The summed E-state index contributed by atoms with van der Waals surface area (Å²) in [6, 6.07) is 10.2. The standard InChI is InChI=1S/C22H17ClN4O5/c23-11-3-8-15-14(10-11)22(21(30)24-15)18-17(16-2-1-9-25(16)22)19(28)26(20(18)29)12-4-6-13(7-5-12)27(31)32/h3-8,10,16-18H,1-2,9H2,(H,24,30)/t16-,17+,18+,22-/m1/s1. The zero-order chi connectivity index (χ0) is 22.4. The molecule has 0 unspecified atom stereocenters. The van der Waals surface area contributed by atoms with E-state index < -0.39 is 28.2 Å². The number of carbonyl (C=O) groups excluding carboxylic acids is 3. The van der Waals surface area contributed by atoms with Crippen molar-refractivity contribution in [2.24, 2.45) is 11.8 Å². The molecule has 1 spiro atoms. The minimum Gasteiger partial charge on any atom is -0.324 e. The van der Waals surface area contributed by atoms with Crippen LogP contribution < -0.4 is 10.2 Å². The van der Waals surface area contributed by atoms with Gasteiger partial charge in [-0.25, -0.2) is 4.90 Å². The molecular formula is C22H17ClN4O5. The van der Waals surface area contributed by atoms with Crippen LogP contribution in [0, 0.1) is 22.0 Å². The third-order valence-electron chi connectivity index (χ3n) is 7.27. The molecule has 2 aromatic rings. The lowest BCUT2D eigenvalue weighted by molar-refractivity contribution is -0.384. The summed E-state index contributed by atoms with van der Waals surface area (Å²) in [4.78, 5) is 54.4. The topological polar surface area (TPSA) is 113 Å². The predicted molar refractivity (Wildman–Crippen MR) is 114 cm³/mol. The summed E-state index contributed by atoms with van der Waals surface area (Å²) < 4.78 is 0. The van der Waals surface area contributed by atoms with Crippen molar-refractivity contribution in [1.82, 2.24) is 4.90 Å². The molecule has 9 nitrogen and oxygen atoms in total. The van der Waals surface area contributed by atoms with E-state index in [0.29, 0.717) is 29.2 Å². The van der Waals surface area contributed by atoms with Crippen LogP contribution in [0.1, 0.15) is 18.4 Å². The fourth-order valence-electron chi connectivity index (χ4n) is 6.15. The van der Waals surface area contributed by atoms with Crippen LogP contribution in [0.25, 0.3) is 0 Å². The van der Waals surface area contributed by atoms with Crippen molar-refractivity contribution in [3.05, 3.63) is 63.2 Å². The lowest BCUT2D eigenvalue weighted by Crippen LogP contribution is -2.54. The lowest BCUT2D eigenvalue weighted by atomic mass is 9.75. The Labute approximate surface area is 187 Å². The van der Waals surface area contributed by atoms with Gasteiger partial charge in [0.2, 0.25) is 17.7 Å². The number of hydrogen-bond acceptors (Lipinski definition) is 6. The second-order valence-electron chi connectivity index (χ2n) is 8.60. The van der Waals surface area contributed by atoms with Crippen LogP contribution in [0.2, 0.25) is 5.02 Å². The first kappa shape index (κ1) is 19.4. The number of amides is 3.